The highest BCUT2D eigenvalue weighted by molar-refractivity contribution is 5.97. The van der Waals surface area contributed by atoms with Gasteiger partial charge in [0.1, 0.15) is 5.54 Å². The summed E-state index contributed by atoms with van der Waals surface area (Å²) in [6, 6.07) is 6.17. The minimum atomic E-state index is -0.812. The number of carbonyl (C=O) groups excluding carboxylic acids is 2. The molecule has 1 N–H and O–H groups in total. The number of hydrogen-bond donors (Lipinski definition) is 1. The Hall–Kier alpha value is -1.84. The molecule has 0 radical (unpaired) electrons. The molecule has 1 fully saturated rings. The summed E-state index contributed by atoms with van der Waals surface area (Å²) in [5.74, 6) is -0.136. The third-order valence-corrected chi connectivity index (χ3v) is 3.47. The van der Waals surface area contributed by atoms with Gasteiger partial charge in [-0.3, -0.25) is 9.59 Å². The molecule has 0 aliphatic carbocycles. The van der Waals surface area contributed by atoms with Crippen LogP contribution in [0, 0.1) is 13.8 Å². The van der Waals surface area contributed by atoms with Crippen molar-refractivity contribution in [1.82, 2.24) is 10.2 Å². The van der Waals surface area contributed by atoms with Crippen molar-refractivity contribution >= 4 is 11.8 Å². The minimum Gasteiger partial charge on any atom is -0.341 e. The molecule has 0 atom stereocenters. The van der Waals surface area contributed by atoms with Gasteiger partial charge in [0.15, 0.2) is 0 Å². The Balaban J connectivity index is 2.24. The van der Waals surface area contributed by atoms with E-state index in [4.69, 9.17) is 0 Å². The van der Waals surface area contributed by atoms with Crippen molar-refractivity contribution in [2.45, 2.75) is 39.8 Å². The van der Waals surface area contributed by atoms with Gasteiger partial charge in [-0.25, -0.2) is 0 Å². The van der Waals surface area contributed by atoms with E-state index in [1.807, 2.05) is 26.0 Å². The fraction of sp³-hybridized carbons (Fsp3) is 0.467. The van der Waals surface area contributed by atoms with Crippen LogP contribution in [0.3, 0.4) is 0 Å². The third kappa shape index (κ3) is 2.78. The molecule has 1 aromatic rings. The minimum absolute atomic E-state index is 0.0343. The molecule has 4 heteroatoms. The van der Waals surface area contributed by atoms with E-state index in [-0.39, 0.29) is 18.4 Å². The summed E-state index contributed by atoms with van der Waals surface area (Å²) in [5.41, 5.74) is 2.59. The van der Waals surface area contributed by atoms with Crippen LogP contribution in [-0.2, 0) is 16.1 Å². The van der Waals surface area contributed by atoms with Gasteiger partial charge in [0.2, 0.25) is 11.8 Å². The number of amides is 2. The molecule has 102 valence electrons. The van der Waals surface area contributed by atoms with Crippen LogP contribution in [0.25, 0.3) is 0 Å². The highest BCUT2D eigenvalue weighted by Crippen LogP contribution is 2.18. The number of nitrogens with one attached hydrogen (secondary N) is 1. The molecule has 4 nitrogen and oxygen atoms in total. The maximum Gasteiger partial charge on any atom is 0.248 e. The van der Waals surface area contributed by atoms with Crippen LogP contribution in [0.1, 0.15) is 30.5 Å². The van der Waals surface area contributed by atoms with Gasteiger partial charge < -0.3 is 10.2 Å². The van der Waals surface area contributed by atoms with Crippen molar-refractivity contribution in [3.63, 3.8) is 0 Å². The second kappa shape index (κ2) is 4.68. The molecule has 19 heavy (non-hydrogen) atoms. The van der Waals surface area contributed by atoms with E-state index in [1.165, 1.54) is 0 Å². The van der Waals surface area contributed by atoms with Crippen molar-refractivity contribution in [3.8, 4) is 0 Å². The summed E-state index contributed by atoms with van der Waals surface area (Å²) in [4.78, 5) is 25.6. The smallest absolute Gasteiger partial charge is 0.248 e. The lowest BCUT2D eigenvalue weighted by molar-refractivity contribution is -0.148. The summed E-state index contributed by atoms with van der Waals surface area (Å²) in [7, 11) is 0. The average molecular weight is 260 g/mol. The maximum absolute atomic E-state index is 12.3. The fourth-order valence-electron chi connectivity index (χ4n) is 2.39. The topological polar surface area (TPSA) is 49.4 Å². The number of benzene rings is 1. The number of hydrogen-bond acceptors (Lipinski definition) is 2. The van der Waals surface area contributed by atoms with Crippen LogP contribution < -0.4 is 5.32 Å². The number of piperazine rings is 1. The SMILES string of the molecule is Cc1ccc(C)c(CN2CC(=O)NC(C)(C)C2=O)c1. The molecule has 0 unspecified atom stereocenters. The lowest BCUT2D eigenvalue weighted by atomic mass is 9.98. The summed E-state index contributed by atoms with van der Waals surface area (Å²) in [6.45, 7) is 8.15. The molecule has 0 aromatic heterocycles. The molecule has 1 aromatic carbocycles. The lowest BCUT2D eigenvalue weighted by Gasteiger charge is -2.37. The Morgan fingerprint density at radius 2 is 1.95 bits per heavy atom. The predicted octanol–water partition coefficient (Wildman–Crippen LogP) is 1.54. The van der Waals surface area contributed by atoms with Gasteiger partial charge in [0.05, 0.1) is 6.54 Å². The van der Waals surface area contributed by atoms with E-state index in [0.29, 0.717) is 6.54 Å². The average Bonchev–Trinajstić information content (AvgIpc) is 2.29. The van der Waals surface area contributed by atoms with Crippen LogP contribution in [0.5, 0.6) is 0 Å². The first-order chi connectivity index (χ1) is 8.79. The number of carbonyl (C=O) groups is 2. The first-order valence-corrected chi connectivity index (χ1v) is 6.46. The Labute approximate surface area is 113 Å². The molecule has 0 spiro atoms. The van der Waals surface area contributed by atoms with Crippen LogP contribution >= 0.6 is 0 Å². The number of nitrogens with zero attached hydrogens (tertiary/aromatic N) is 1. The first kappa shape index (κ1) is 13.6. The highest BCUT2D eigenvalue weighted by Gasteiger charge is 2.38. The second-order valence-corrected chi connectivity index (χ2v) is 5.76. The Morgan fingerprint density at radius 1 is 1.26 bits per heavy atom. The third-order valence-electron chi connectivity index (χ3n) is 3.47. The normalized spacial score (nSPS) is 18.4. The van der Waals surface area contributed by atoms with Gasteiger partial charge in [-0.05, 0) is 38.8 Å². The fourth-order valence-corrected chi connectivity index (χ4v) is 2.39. The summed E-state index contributed by atoms with van der Waals surface area (Å²) < 4.78 is 0. The molecule has 0 saturated carbocycles. The molecule has 2 rings (SSSR count). The Bertz CT molecular complexity index is 535. The Kier molecular flexibility index (Phi) is 3.35. The molecule has 2 amide bonds. The van der Waals surface area contributed by atoms with Gasteiger partial charge in [-0.15, -0.1) is 0 Å². The maximum atomic E-state index is 12.3. The predicted molar refractivity (Wildman–Crippen MR) is 73.6 cm³/mol. The molecular weight excluding hydrogens is 240 g/mol. The first-order valence-electron chi connectivity index (χ1n) is 6.46. The van der Waals surface area contributed by atoms with Crippen LogP contribution in [0.15, 0.2) is 18.2 Å². The van der Waals surface area contributed by atoms with E-state index in [2.05, 4.69) is 11.4 Å². The van der Waals surface area contributed by atoms with Crippen LogP contribution in [0.2, 0.25) is 0 Å². The largest absolute Gasteiger partial charge is 0.341 e. The van der Waals surface area contributed by atoms with E-state index in [1.54, 1.807) is 18.7 Å². The van der Waals surface area contributed by atoms with E-state index < -0.39 is 5.54 Å². The summed E-state index contributed by atoms with van der Waals surface area (Å²) in [6.07, 6.45) is 0. The Morgan fingerprint density at radius 3 is 2.63 bits per heavy atom. The zero-order valence-corrected chi connectivity index (χ0v) is 11.9. The quantitative estimate of drug-likeness (QED) is 0.877. The van der Waals surface area contributed by atoms with Crippen molar-refractivity contribution in [2.75, 3.05) is 6.54 Å². The highest BCUT2D eigenvalue weighted by atomic mass is 16.2. The second-order valence-electron chi connectivity index (χ2n) is 5.76. The van der Waals surface area contributed by atoms with Gasteiger partial charge in [0.25, 0.3) is 0 Å². The summed E-state index contributed by atoms with van der Waals surface area (Å²) >= 11 is 0. The van der Waals surface area contributed by atoms with Crippen molar-refractivity contribution in [3.05, 3.63) is 34.9 Å². The molecule has 0 bridgehead atoms. The van der Waals surface area contributed by atoms with E-state index in [9.17, 15) is 9.59 Å². The molecule has 1 heterocycles. The molecule has 1 aliphatic rings. The van der Waals surface area contributed by atoms with Crippen LogP contribution in [-0.4, -0.2) is 28.8 Å². The zero-order chi connectivity index (χ0) is 14.2. The van der Waals surface area contributed by atoms with Crippen LogP contribution in [0.4, 0.5) is 0 Å². The van der Waals surface area contributed by atoms with Crippen molar-refractivity contribution < 1.29 is 9.59 Å². The number of aryl methyl sites for hydroxylation is 2. The zero-order valence-electron chi connectivity index (χ0n) is 11.9. The molecule has 1 aliphatic heterocycles. The van der Waals surface area contributed by atoms with E-state index >= 15 is 0 Å². The van der Waals surface area contributed by atoms with E-state index in [0.717, 1.165) is 16.7 Å². The van der Waals surface area contributed by atoms with Gasteiger partial charge in [-0.2, -0.15) is 0 Å². The standard InChI is InChI=1S/C15H20N2O2/c1-10-5-6-11(2)12(7-10)8-17-9-13(18)16-15(3,4)14(17)19/h5-7H,8-9H2,1-4H3,(H,16,18). The monoisotopic (exact) mass is 260 g/mol. The van der Waals surface area contributed by atoms with Gasteiger partial charge in [-0.1, -0.05) is 23.8 Å². The molecular formula is C15H20N2O2. The van der Waals surface area contributed by atoms with Crippen molar-refractivity contribution in [1.29, 1.82) is 0 Å². The number of rotatable bonds is 2. The summed E-state index contributed by atoms with van der Waals surface area (Å²) in [5, 5.41) is 2.72. The van der Waals surface area contributed by atoms with Gasteiger partial charge in [0, 0.05) is 6.54 Å². The lowest BCUT2D eigenvalue weighted by Crippen LogP contribution is -2.63. The molecule has 1 saturated heterocycles. The van der Waals surface area contributed by atoms with Gasteiger partial charge >= 0.3 is 0 Å². The van der Waals surface area contributed by atoms with Crippen molar-refractivity contribution in [2.24, 2.45) is 0 Å².